The molecule has 0 aliphatic carbocycles. The van der Waals surface area contributed by atoms with E-state index in [0.717, 1.165) is 15.7 Å². The summed E-state index contributed by atoms with van der Waals surface area (Å²) in [5.74, 6) is 0.905. The molecule has 0 saturated carbocycles. The van der Waals surface area contributed by atoms with Crippen LogP contribution >= 0.6 is 23.1 Å². The summed E-state index contributed by atoms with van der Waals surface area (Å²) < 4.78 is 25.1. The Morgan fingerprint density at radius 2 is 2.21 bits per heavy atom. The first-order valence-corrected chi connectivity index (χ1v) is 9.28. The summed E-state index contributed by atoms with van der Waals surface area (Å²) in [5.41, 5.74) is 2.63. The Balaban J connectivity index is 1.88. The number of aromatic nitrogens is 2. The van der Waals surface area contributed by atoms with Gasteiger partial charge >= 0.3 is 0 Å². The predicted molar refractivity (Wildman–Crippen MR) is 78.5 cm³/mol. The van der Waals surface area contributed by atoms with Gasteiger partial charge in [0.25, 0.3) is 0 Å². The van der Waals surface area contributed by atoms with E-state index >= 15 is 0 Å². The minimum Gasteiger partial charge on any atom is -0.224 e. The van der Waals surface area contributed by atoms with Crippen molar-refractivity contribution in [1.29, 1.82) is 0 Å². The molecule has 1 aromatic heterocycles. The zero-order chi connectivity index (χ0) is 13.7. The summed E-state index contributed by atoms with van der Waals surface area (Å²) in [6.45, 7) is 1.89. The molecule has 0 atom stereocenters. The fourth-order valence-electron chi connectivity index (χ4n) is 1.56. The lowest BCUT2D eigenvalue weighted by Crippen LogP contribution is -2.07. The van der Waals surface area contributed by atoms with Crippen LogP contribution in [0, 0.1) is 6.92 Å². The molecule has 1 aromatic carbocycles. The molecule has 0 amide bonds. The van der Waals surface area contributed by atoms with Gasteiger partial charge in [0.1, 0.15) is 5.51 Å². The molecule has 0 aliphatic rings. The smallest absolute Gasteiger partial charge is 0.178 e. The number of aryl methyl sites for hydroxylation is 1. The summed E-state index contributed by atoms with van der Waals surface area (Å²) in [4.78, 5) is 0.411. The minimum atomic E-state index is -3.17. The first kappa shape index (κ1) is 14.5. The SMILES string of the molecule is Cc1cccc(S(=O)(=O)CCCSc2nncs2)c1. The summed E-state index contributed by atoms with van der Waals surface area (Å²) in [6, 6.07) is 7.04. The molecule has 7 heteroatoms. The summed E-state index contributed by atoms with van der Waals surface area (Å²) in [6.07, 6.45) is 0.612. The Hall–Kier alpha value is -0.920. The zero-order valence-corrected chi connectivity index (χ0v) is 12.9. The maximum atomic E-state index is 12.1. The van der Waals surface area contributed by atoms with Gasteiger partial charge in [-0.25, -0.2) is 8.42 Å². The Bertz CT molecular complexity index is 624. The van der Waals surface area contributed by atoms with Gasteiger partial charge in [-0.1, -0.05) is 35.2 Å². The highest BCUT2D eigenvalue weighted by Crippen LogP contribution is 2.21. The number of benzene rings is 1. The molecule has 0 spiro atoms. The maximum Gasteiger partial charge on any atom is 0.178 e. The van der Waals surface area contributed by atoms with Crippen molar-refractivity contribution in [3.63, 3.8) is 0 Å². The van der Waals surface area contributed by atoms with Gasteiger partial charge in [-0.15, -0.1) is 10.2 Å². The molecule has 102 valence electrons. The van der Waals surface area contributed by atoms with Crippen molar-refractivity contribution in [1.82, 2.24) is 10.2 Å². The second kappa shape index (κ2) is 6.49. The van der Waals surface area contributed by atoms with Gasteiger partial charge in [0.05, 0.1) is 10.6 Å². The van der Waals surface area contributed by atoms with Crippen molar-refractivity contribution >= 4 is 32.9 Å². The molecule has 0 saturated heterocycles. The molecule has 19 heavy (non-hydrogen) atoms. The number of nitrogens with zero attached hydrogens (tertiary/aromatic N) is 2. The molecular formula is C12H14N2O2S3. The molecule has 2 rings (SSSR count). The lowest BCUT2D eigenvalue weighted by atomic mass is 10.2. The van der Waals surface area contributed by atoms with Crippen LogP contribution in [0.25, 0.3) is 0 Å². The molecule has 0 aliphatic heterocycles. The van der Waals surface area contributed by atoms with Gasteiger partial charge in [-0.3, -0.25) is 0 Å². The average Bonchev–Trinajstić information content (AvgIpc) is 2.88. The number of sulfone groups is 1. The number of thioether (sulfide) groups is 1. The fraction of sp³-hybridized carbons (Fsp3) is 0.333. The van der Waals surface area contributed by atoms with Crippen LogP contribution in [0.5, 0.6) is 0 Å². The van der Waals surface area contributed by atoms with E-state index in [1.807, 2.05) is 13.0 Å². The maximum absolute atomic E-state index is 12.1. The summed E-state index contributed by atoms with van der Waals surface area (Å²) >= 11 is 3.02. The second-order valence-electron chi connectivity index (χ2n) is 4.04. The molecule has 2 aromatic rings. The third-order valence-electron chi connectivity index (χ3n) is 2.47. The predicted octanol–water partition coefficient (Wildman–Crippen LogP) is 2.80. The normalized spacial score (nSPS) is 11.6. The van der Waals surface area contributed by atoms with E-state index in [1.165, 1.54) is 11.3 Å². The van der Waals surface area contributed by atoms with Crippen LogP contribution in [-0.2, 0) is 9.84 Å². The highest BCUT2D eigenvalue weighted by atomic mass is 32.2. The average molecular weight is 314 g/mol. The van der Waals surface area contributed by atoms with E-state index in [2.05, 4.69) is 10.2 Å². The van der Waals surface area contributed by atoms with Crippen LogP contribution in [0.1, 0.15) is 12.0 Å². The Morgan fingerprint density at radius 1 is 1.37 bits per heavy atom. The third-order valence-corrected chi connectivity index (χ3v) is 6.22. The van der Waals surface area contributed by atoms with Gasteiger partial charge in [-0.05, 0) is 31.0 Å². The quantitative estimate of drug-likeness (QED) is 0.606. The van der Waals surface area contributed by atoms with Crippen LogP contribution in [0.3, 0.4) is 0 Å². The van der Waals surface area contributed by atoms with Gasteiger partial charge < -0.3 is 0 Å². The van der Waals surface area contributed by atoms with Crippen molar-refractivity contribution in [3.8, 4) is 0 Å². The molecule has 0 fully saturated rings. The van der Waals surface area contributed by atoms with Gasteiger partial charge in [-0.2, -0.15) is 0 Å². The number of hydrogen-bond donors (Lipinski definition) is 0. The second-order valence-corrected chi connectivity index (χ2v) is 8.33. The van der Waals surface area contributed by atoms with Gasteiger partial charge in [0, 0.05) is 5.75 Å². The van der Waals surface area contributed by atoms with Crippen molar-refractivity contribution in [2.24, 2.45) is 0 Å². The van der Waals surface area contributed by atoms with Crippen LogP contribution in [0.15, 0.2) is 39.0 Å². The van der Waals surface area contributed by atoms with Crippen molar-refractivity contribution in [3.05, 3.63) is 35.3 Å². The molecule has 0 bridgehead atoms. The van der Waals surface area contributed by atoms with Crippen LogP contribution in [0.2, 0.25) is 0 Å². The minimum absolute atomic E-state index is 0.169. The standard InChI is InChI=1S/C12H14N2O2S3/c1-10-4-2-5-11(8-10)19(15,16)7-3-6-17-12-14-13-9-18-12/h2,4-5,8-9H,3,6-7H2,1H3. The van der Waals surface area contributed by atoms with E-state index in [9.17, 15) is 8.42 Å². The molecule has 0 N–H and O–H groups in total. The zero-order valence-electron chi connectivity index (χ0n) is 10.4. The van der Waals surface area contributed by atoms with E-state index in [-0.39, 0.29) is 5.75 Å². The molecule has 4 nitrogen and oxygen atoms in total. The first-order chi connectivity index (χ1) is 9.08. The van der Waals surface area contributed by atoms with Crippen molar-refractivity contribution in [2.45, 2.75) is 22.6 Å². The van der Waals surface area contributed by atoms with Crippen LogP contribution in [0.4, 0.5) is 0 Å². The van der Waals surface area contributed by atoms with Crippen LogP contribution in [-0.4, -0.2) is 30.1 Å². The van der Waals surface area contributed by atoms with E-state index < -0.39 is 9.84 Å². The lowest BCUT2D eigenvalue weighted by molar-refractivity contribution is 0.595. The highest BCUT2D eigenvalue weighted by molar-refractivity contribution is 8.01. The largest absolute Gasteiger partial charge is 0.224 e. The summed E-state index contributed by atoms with van der Waals surface area (Å²) in [5, 5.41) is 7.64. The Kier molecular flexibility index (Phi) is 4.95. The van der Waals surface area contributed by atoms with E-state index in [0.29, 0.717) is 11.3 Å². The highest BCUT2D eigenvalue weighted by Gasteiger charge is 2.14. The number of rotatable bonds is 6. The van der Waals surface area contributed by atoms with Gasteiger partial charge in [0.2, 0.25) is 0 Å². The Labute approximate surface area is 121 Å². The third kappa shape index (κ3) is 4.29. The molecule has 0 radical (unpaired) electrons. The monoisotopic (exact) mass is 314 g/mol. The van der Waals surface area contributed by atoms with Crippen molar-refractivity contribution in [2.75, 3.05) is 11.5 Å². The molecule has 0 unspecified atom stereocenters. The van der Waals surface area contributed by atoms with Crippen LogP contribution < -0.4 is 0 Å². The van der Waals surface area contributed by atoms with E-state index in [1.54, 1.807) is 35.5 Å². The Morgan fingerprint density at radius 3 is 2.89 bits per heavy atom. The topological polar surface area (TPSA) is 59.9 Å². The first-order valence-electron chi connectivity index (χ1n) is 5.76. The molecule has 1 heterocycles. The number of hydrogen-bond acceptors (Lipinski definition) is 6. The fourth-order valence-corrected chi connectivity index (χ4v) is 4.65. The van der Waals surface area contributed by atoms with Crippen molar-refractivity contribution < 1.29 is 8.42 Å². The van der Waals surface area contributed by atoms with Gasteiger partial charge in [0.15, 0.2) is 14.2 Å². The summed E-state index contributed by atoms with van der Waals surface area (Å²) in [7, 11) is -3.17. The van der Waals surface area contributed by atoms with E-state index in [4.69, 9.17) is 0 Å². The molecular weight excluding hydrogens is 300 g/mol. The lowest BCUT2D eigenvalue weighted by Gasteiger charge is -2.04.